The van der Waals surface area contributed by atoms with Crippen molar-refractivity contribution in [3.05, 3.63) is 71.2 Å². The number of nitrogens with zero attached hydrogens (tertiary/aromatic N) is 1. The summed E-state index contributed by atoms with van der Waals surface area (Å²) in [5.41, 5.74) is 2.75. The van der Waals surface area contributed by atoms with Crippen LogP contribution >= 0.6 is 0 Å². The van der Waals surface area contributed by atoms with Crippen molar-refractivity contribution >= 4 is 23.1 Å². The number of hydrogen-bond acceptors (Lipinski definition) is 4. The van der Waals surface area contributed by atoms with E-state index < -0.39 is 5.82 Å². The van der Waals surface area contributed by atoms with Gasteiger partial charge in [0, 0.05) is 18.8 Å². The number of imide groups is 1. The molecule has 5 nitrogen and oxygen atoms in total. The number of rotatable bonds is 8. The Balaban J connectivity index is 1.88. The number of ether oxygens (including phenoxy) is 1. The van der Waals surface area contributed by atoms with E-state index in [1.807, 2.05) is 45.0 Å². The van der Waals surface area contributed by atoms with Crippen molar-refractivity contribution in [1.29, 1.82) is 0 Å². The van der Waals surface area contributed by atoms with Gasteiger partial charge in [-0.2, -0.15) is 0 Å². The van der Waals surface area contributed by atoms with Gasteiger partial charge in [0.1, 0.15) is 11.5 Å². The molecule has 0 fully saturated rings. The average molecular weight is 396 g/mol. The Morgan fingerprint density at radius 3 is 2.28 bits per heavy atom. The molecule has 0 atom stereocenters. The molecule has 2 aromatic rings. The summed E-state index contributed by atoms with van der Waals surface area (Å²) in [6.45, 7) is 6.56. The number of carbonyl (C=O) groups excluding carboxylic acids is 2. The van der Waals surface area contributed by atoms with E-state index in [0.29, 0.717) is 24.3 Å². The Bertz CT molecular complexity index is 918. The van der Waals surface area contributed by atoms with Crippen LogP contribution in [-0.2, 0) is 14.3 Å². The second-order valence-electron chi connectivity index (χ2n) is 7.28. The highest BCUT2D eigenvalue weighted by Gasteiger charge is 2.38. The second kappa shape index (κ2) is 9.01. The highest BCUT2D eigenvalue weighted by molar-refractivity contribution is 6.36. The molecule has 0 radical (unpaired) electrons. The highest BCUT2D eigenvalue weighted by Crippen LogP contribution is 2.30. The average Bonchev–Trinajstić information content (AvgIpc) is 2.91. The van der Waals surface area contributed by atoms with Gasteiger partial charge >= 0.3 is 0 Å². The number of aryl methyl sites for hydroxylation is 1. The molecule has 2 aromatic carbocycles. The van der Waals surface area contributed by atoms with Crippen LogP contribution in [0.2, 0.25) is 0 Å². The molecule has 1 N–H and O–H groups in total. The summed E-state index contributed by atoms with van der Waals surface area (Å²) < 4.78 is 18.9. The van der Waals surface area contributed by atoms with Crippen molar-refractivity contribution in [1.82, 2.24) is 4.90 Å². The third-order valence-electron chi connectivity index (χ3n) is 4.60. The zero-order valence-corrected chi connectivity index (χ0v) is 16.9. The highest BCUT2D eigenvalue weighted by atomic mass is 19.1. The first-order valence-corrected chi connectivity index (χ1v) is 9.68. The van der Waals surface area contributed by atoms with E-state index in [-0.39, 0.29) is 35.7 Å². The van der Waals surface area contributed by atoms with Gasteiger partial charge in [0.15, 0.2) is 0 Å². The van der Waals surface area contributed by atoms with Gasteiger partial charge in [-0.25, -0.2) is 4.39 Å². The Labute approximate surface area is 170 Å². The monoisotopic (exact) mass is 396 g/mol. The molecule has 0 bridgehead atoms. The fraction of sp³-hybridized carbons (Fsp3) is 0.304. The van der Waals surface area contributed by atoms with Crippen LogP contribution in [0.1, 0.15) is 31.4 Å². The van der Waals surface area contributed by atoms with Crippen LogP contribution in [0.25, 0.3) is 5.57 Å². The van der Waals surface area contributed by atoms with Crippen LogP contribution in [0.5, 0.6) is 0 Å². The van der Waals surface area contributed by atoms with Crippen molar-refractivity contribution in [2.24, 2.45) is 0 Å². The SMILES string of the molecule is Cc1ccc(NC2=C(c3ccc(F)cc3)C(=O)N(CCCOC(C)C)C2=O)cc1. The Morgan fingerprint density at radius 1 is 1.00 bits per heavy atom. The molecule has 6 heteroatoms. The summed E-state index contributed by atoms with van der Waals surface area (Å²) in [6, 6.07) is 13.1. The molecule has 0 aromatic heterocycles. The molecule has 0 aliphatic carbocycles. The summed E-state index contributed by atoms with van der Waals surface area (Å²) in [6.07, 6.45) is 0.635. The Morgan fingerprint density at radius 2 is 1.66 bits per heavy atom. The molecule has 2 amide bonds. The van der Waals surface area contributed by atoms with Crippen molar-refractivity contribution in [2.45, 2.75) is 33.3 Å². The first-order chi connectivity index (χ1) is 13.9. The summed E-state index contributed by atoms with van der Waals surface area (Å²) in [7, 11) is 0. The normalized spacial score (nSPS) is 14.3. The van der Waals surface area contributed by atoms with Gasteiger partial charge in [-0.15, -0.1) is 0 Å². The summed E-state index contributed by atoms with van der Waals surface area (Å²) in [4.78, 5) is 27.3. The summed E-state index contributed by atoms with van der Waals surface area (Å²) in [5.74, 6) is -1.18. The Hall–Kier alpha value is -2.99. The maximum absolute atomic E-state index is 13.4. The minimum absolute atomic E-state index is 0.0895. The van der Waals surface area contributed by atoms with Gasteiger partial charge in [-0.05, 0) is 57.0 Å². The van der Waals surface area contributed by atoms with E-state index in [4.69, 9.17) is 4.74 Å². The minimum atomic E-state index is -0.401. The van der Waals surface area contributed by atoms with Gasteiger partial charge in [0.05, 0.1) is 11.7 Å². The largest absolute Gasteiger partial charge is 0.379 e. The standard InChI is InChI=1S/C23H25FN2O3/c1-15(2)29-14-4-13-26-22(27)20(17-7-9-18(24)10-8-17)21(23(26)28)25-19-11-5-16(3)6-12-19/h5-12,15,25H,4,13-14H2,1-3H3. The molecule has 0 saturated heterocycles. The number of anilines is 1. The van der Waals surface area contributed by atoms with Crippen LogP contribution in [0.15, 0.2) is 54.2 Å². The zero-order valence-electron chi connectivity index (χ0n) is 16.9. The molecule has 1 heterocycles. The number of halogens is 1. The predicted octanol–water partition coefficient (Wildman–Crippen LogP) is 4.14. The van der Waals surface area contributed by atoms with Crippen LogP contribution in [-0.4, -0.2) is 36.0 Å². The maximum Gasteiger partial charge on any atom is 0.278 e. The Kier molecular flexibility index (Phi) is 6.44. The van der Waals surface area contributed by atoms with Crippen LogP contribution in [0, 0.1) is 12.7 Å². The number of hydrogen-bond donors (Lipinski definition) is 1. The number of carbonyl (C=O) groups is 2. The third-order valence-corrected chi connectivity index (χ3v) is 4.60. The first kappa shape index (κ1) is 20.7. The van der Waals surface area contributed by atoms with Gasteiger partial charge in [0.25, 0.3) is 11.8 Å². The molecule has 152 valence electrons. The lowest BCUT2D eigenvalue weighted by molar-refractivity contribution is -0.137. The zero-order chi connectivity index (χ0) is 21.0. The quantitative estimate of drug-likeness (QED) is 0.538. The van der Waals surface area contributed by atoms with Crippen LogP contribution < -0.4 is 5.32 Å². The molecular weight excluding hydrogens is 371 g/mol. The molecule has 3 rings (SSSR count). The van der Waals surface area contributed by atoms with E-state index in [1.54, 1.807) is 0 Å². The van der Waals surface area contributed by atoms with E-state index in [2.05, 4.69) is 5.32 Å². The molecule has 1 aliphatic rings. The van der Waals surface area contributed by atoms with Crippen molar-refractivity contribution < 1.29 is 18.7 Å². The lowest BCUT2D eigenvalue weighted by Gasteiger charge is -2.16. The van der Waals surface area contributed by atoms with Gasteiger partial charge < -0.3 is 10.1 Å². The molecular formula is C23H25FN2O3. The molecule has 1 aliphatic heterocycles. The lowest BCUT2D eigenvalue weighted by Crippen LogP contribution is -2.34. The topological polar surface area (TPSA) is 58.6 Å². The smallest absolute Gasteiger partial charge is 0.278 e. The fourth-order valence-corrected chi connectivity index (χ4v) is 3.10. The van der Waals surface area contributed by atoms with E-state index >= 15 is 0 Å². The van der Waals surface area contributed by atoms with Crippen LogP contribution in [0.4, 0.5) is 10.1 Å². The summed E-state index contributed by atoms with van der Waals surface area (Å²) in [5, 5.41) is 3.09. The van der Waals surface area contributed by atoms with Crippen molar-refractivity contribution in [3.63, 3.8) is 0 Å². The van der Waals surface area contributed by atoms with E-state index in [1.165, 1.54) is 29.2 Å². The van der Waals surface area contributed by atoms with Crippen molar-refractivity contribution in [3.8, 4) is 0 Å². The molecule has 0 unspecified atom stereocenters. The molecule has 0 saturated carbocycles. The van der Waals surface area contributed by atoms with Gasteiger partial charge in [-0.1, -0.05) is 29.8 Å². The number of amides is 2. The van der Waals surface area contributed by atoms with E-state index in [0.717, 1.165) is 5.56 Å². The van der Waals surface area contributed by atoms with Crippen molar-refractivity contribution in [2.75, 3.05) is 18.5 Å². The first-order valence-electron chi connectivity index (χ1n) is 9.68. The number of nitrogens with one attached hydrogen (secondary N) is 1. The molecule has 29 heavy (non-hydrogen) atoms. The maximum atomic E-state index is 13.4. The lowest BCUT2D eigenvalue weighted by atomic mass is 10.0. The fourth-order valence-electron chi connectivity index (χ4n) is 3.10. The minimum Gasteiger partial charge on any atom is -0.379 e. The summed E-state index contributed by atoms with van der Waals surface area (Å²) >= 11 is 0. The van der Waals surface area contributed by atoms with Gasteiger partial charge in [0.2, 0.25) is 0 Å². The number of benzene rings is 2. The van der Waals surface area contributed by atoms with Gasteiger partial charge in [-0.3, -0.25) is 14.5 Å². The molecule has 0 spiro atoms. The van der Waals surface area contributed by atoms with Crippen LogP contribution in [0.3, 0.4) is 0 Å². The predicted molar refractivity (Wildman–Crippen MR) is 111 cm³/mol. The third kappa shape index (κ3) is 4.90. The second-order valence-corrected chi connectivity index (χ2v) is 7.28. The van der Waals surface area contributed by atoms with E-state index in [9.17, 15) is 14.0 Å².